The van der Waals surface area contributed by atoms with E-state index in [9.17, 15) is 9.59 Å². The third-order valence-corrected chi connectivity index (χ3v) is 3.68. The summed E-state index contributed by atoms with van der Waals surface area (Å²) in [6.07, 6.45) is 0.881. The lowest BCUT2D eigenvalue weighted by molar-refractivity contribution is -0.149. The molecule has 0 spiro atoms. The van der Waals surface area contributed by atoms with Gasteiger partial charge in [-0.05, 0) is 48.4 Å². The Morgan fingerprint density at radius 1 is 1.08 bits per heavy atom. The van der Waals surface area contributed by atoms with Crippen LogP contribution in [0.5, 0.6) is 5.75 Å². The number of carbonyl (C=O) groups excluding carboxylic acids is 2. The Morgan fingerprint density at radius 2 is 1.83 bits per heavy atom. The third kappa shape index (κ3) is 6.04. The van der Waals surface area contributed by atoms with Crippen LogP contribution in [0.15, 0.2) is 53.0 Å². The predicted octanol–water partition coefficient (Wildman–Crippen LogP) is 3.57. The minimum absolute atomic E-state index is 0.250. The van der Waals surface area contributed by atoms with Crippen molar-refractivity contribution in [2.24, 2.45) is 0 Å². The van der Waals surface area contributed by atoms with Crippen molar-refractivity contribution in [2.45, 2.75) is 13.3 Å². The molecule has 1 amide bonds. The van der Waals surface area contributed by atoms with E-state index in [2.05, 4.69) is 21.2 Å². The van der Waals surface area contributed by atoms with Gasteiger partial charge in [0.15, 0.2) is 13.2 Å². The van der Waals surface area contributed by atoms with Gasteiger partial charge in [0, 0.05) is 10.2 Å². The molecule has 0 aliphatic rings. The zero-order chi connectivity index (χ0) is 17.4. The van der Waals surface area contributed by atoms with Gasteiger partial charge in [0.25, 0.3) is 5.91 Å². The van der Waals surface area contributed by atoms with Crippen LogP contribution in [0.3, 0.4) is 0 Å². The lowest BCUT2D eigenvalue weighted by Gasteiger charge is -2.08. The second kappa shape index (κ2) is 9.08. The molecule has 0 fully saturated rings. The van der Waals surface area contributed by atoms with E-state index in [0.717, 1.165) is 16.5 Å². The summed E-state index contributed by atoms with van der Waals surface area (Å²) in [6.45, 7) is 1.44. The zero-order valence-electron chi connectivity index (χ0n) is 13.3. The van der Waals surface area contributed by atoms with Crippen LogP contribution in [0.4, 0.5) is 5.69 Å². The summed E-state index contributed by atoms with van der Waals surface area (Å²) in [4.78, 5) is 23.4. The van der Waals surface area contributed by atoms with Gasteiger partial charge in [0.1, 0.15) is 5.75 Å². The van der Waals surface area contributed by atoms with E-state index in [1.54, 1.807) is 30.3 Å². The Balaban J connectivity index is 1.72. The number of carbonyl (C=O) groups is 2. The number of hydrogen-bond donors (Lipinski definition) is 1. The molecule has 2 rings (SSSR count). The van der Waals surface area contributed by atoms with Crippen molar-refractivity contribution >= 4 is 33.5 Å². The van der Waals surface area contributed by atoms with Crippen LogP contribution in [0.1, 0.15) is 12.5 Å². The van der Waals surface area contributed by atoms with Crippen molar-refractivity contribution in [3.8, 4) is 5.75 Å². The number of halogens is 1. The maximum absolute atomic E-state index is 11.8. The molecule has 0 heterocycles. The second-order valence-corrected chi connectivity index (χ2v) is 5.92. The number of anilines is 1. The minimum atomic E-state index is -0.602. The fourth-order valence-corrected chi connectivity index (χ4v) is 2.19. The molecule has 0 unspecified atom stereocenters. The largest absolute Gasteiger partial charge is 0.482 e. The van der Waals surface area contributed by atoms with Gasteiger partial charge in [-0.1, -0.05) is 35.0 Å². The molecule has 6 heteroatoms. The average Bonchev–Trinajstić information content (AvgIpc) is 2.59. The van der Waals surface area contributed by atoms with Crippen LogP contribution in [0, 0.1) is 0 Å². The molecule has 0 saturated carbocycles. The van der Waals surface area contributed by atoms with Crippen LogP contribution < -0.4 is 10.1 Å². The average molecular weight is 392 g/mol. The van der Waals surface area contributed by atoms with E-state index >= 15 is 0 Å². The molecular weight excluding hydrogens is 374 g/mol. The maximum atomic E-state index is 11.8. The van der Waals surface area contributed by atoms with E-state index in [4.69, 9.17) is 9.47 Å². The Labute approximate surface area is 149 Å². The van der Waals surface area contributed by atoms with Gasteiger partial charge >= 0.3 is 5.97 Å². The van der Waals surface area contributed by atoms with Gasteiger partial charge in [-0.2, -0.15) is 0 Å². The molecule has 0 atom stereocenters. The van der Waals surface area contributed by atoms with Crippen LogP contribution in [0.25, 0.3) is 0 Å². The van der Waals surface area contributed by atoms with Crippen molar-refractivity contribution in [1.29, 1.82) is 0 Å². The first kappa shape index (κ1) is 18.0. The molecule has 0 aromatic heterocycles. The quantitative estimate of drug-likeness (QED) is 0.732. The molecule has 0 aliphatic heterocycles. The predicted molar refractivity (Wildman–Crippen MR) is 95.0 cm³/mol. The number of amides is 1. The zero-order valence-corrected chi connectivity index (χ0v) is 14.8. The fourth-order valence-electron chi connectivity index (χ4n) is 1.93. The van der Waals surface area contributed by atoms with E-state index in [1.165, 1.54) is 0 Å². The van der Waals surface area contributed by atoms with E-state index in [-0.39, 0.29) is 19.1 Å². The summed E-state index contributed by atoms with van der Waals surface area (Å²) in [7, 11) is 0. The van der Waals surface area contributed by atoms with Crippen molar-refractivity contribution < 1.29 is 19.1 Å². The first-order chi connectivity index (χ1) is 11.6. The summed E-state index contributed by atoms with van der Waals surface area (Å²) in [5, 5.41) is 2.69. The summed E-state index contributed by atoms with van der Waals surface area (Å²) < 4.78 is 11.1. The first-order valence-corrected chi connectivity index (χ1v) is 8.29. The van der Waals surface area contributed by atoms with Crippen molar-refractivity contribution in [3.63, 3.8) is 0 Å². The molecule has 0 bridgehead atoms. The van der Waals surface area contributed by atoms with E-state index in [0.29, 0.717) is 11.4 Å². The third-order valence-electron chi connectivity index (χ3n) is 3.15. The highest BCUT2D eigenvalue weighted by atomic mass is 79.9. The molecule has 0 aliphatic carbocycles. The number of nitrogens with one attached hydrogen (secondary N) is 1. The smallest absolute Gasteiger partial charge is 0.344 e. The second-order valence-electron chi connectivity index (χ2n) is 5.01. The minimum Gasteiger partial charge on any atom is -0.482 e. The highest BCUT2D eigenvalue weighted by molar-refractivity contribution is 9.10. The number of aryl methyl sites for hydroxylation is 1. The standard InChI is InChI=1S/C18H18BrNO4/c1-2-13-4-3-5-15(10-13)20-17(21)11-24-18(22)12-23-16-8-6-14(19)7-9-16/h3-10H,2,11-12H2,1H3,(H,20,21). The lowest BCUT2D eigenvalue weighted by Crippen LogP contribution is -2.23. The molecule has 24 heavy (non-hydrogen) atoms. The molecule has 5 nitrogen and oxygen atoms in total. The van der Waals surface area contributed by atoms with Gasteiger partial charge in [-0.3, -0.25) is 4.79 Å². The monoisotopic (exact) mass is 391 g/mol. The normalized spacial score (nSPS) is 10.1. The summed E-state index contributed by atoms with van der Waals surface area (Å²) in [6, 6.07) is 14.6. The van der Waals surface area contributed by atoms with Crippen molar-refractivity contribution in [1.82, 2.24) is 0 Å². The summed E-state index contributed by atoms with van der Waals surface area (Å²) in [5.41, 5.74) is 1.80. The molecule has 2 aromatic rings. The van der Waals surface area contributed by atoms with Crippen LogP contribution in [-0.2, 0) is 20.7 Å². The number of rotatable bonds is 7. The lowest BCUT2D eigenvalue weighted by atomic mass is 10.1. The van der Waals surface area contributed by atoms with E-state index < -0.39 is 5.97 Å². The van der Waals surface area contributed by atoms with Crippen LogP contribution >= 0.6 is 15.9 Å². The fraction of sp³-hybridized carbons (Fsp3) is 0.222. The van der Waals surface area contributed by atoms with Gasteiger partial charge in [-0.15, -0.1) is 0 Å². The molecule has 1 N–H and O–H groups in total. The number of esters is 1. The summed E-state index contributed by atoms with van der Waals surface area (Å²) in [5.74, 6) is -0.438. The van der Waals surface area contributed by atoms with Gasteiger partial charge in [-0.25, -0.2) is 4.79 Å². The van der Waals surface area contributed by atoms with E-state index in [1.807, 2.05) is 25.1 Å². The number of hydrogen-bond acceptors (Lipinski definition) is 4. The molecule has 0 saturated heterocycles. The van der Waals surface area contributed by atoms with Crippen molar-refractivity contribution in [3.05, 3.63) is 58.6 Å². The SMILES string of the molecule is CCc1cccc(NC(=O)COC(=O)COc2ccc(Br)cc2)c1. The molecule has 2 aromatic carbocycles. The number of benzene rings is 2. The van der Waals surface area contributed by atoms with Gasteiger partial charge in [0.2, 0.25) is 0 Å². The van der Waals surface area contributed by atoms with Gasteiger partial charge < -0.3 is 14.8 Å². The molecular formula is C18H18BrNO4. The Hall–Kier alpha value is -2.34. The number of ether oxygens (including phenoxy) is 2. The van der Waals surface area contributed by atoms with Crippen LogP contribution in [0.2, 0.25) is 0 Å². The summed E-state index contributed by atoms with van der Waals surface area (Å²) >= 11 is 3.31. The Kier molecular flexibility index (Phi) is 6.81. The van der Waals surface area contributed by atoms with Crippen LogP contribution in [-0.4, -0.2) is 25.1 Å². The molecule has 126 valence electrons. The maximum Gasteiger partial charge on any atom is 0.344 e. The van der Waals surface area contributed by atoms with Gasteiger partial charge in [0.05, 0.1) is 0 Å². The topological polar surface area (TPSA) is 64.6 Å². The Bertz CT molecular complexity index is 700. The highest BCUT2D eigenvalue weighted by Crippen LogP contribution is 2.16. The Morgan fingerprint density at radius 3 is 2.54 bits per heavy atom. The first-order valence-electron chi connectivity index (χ1n) is 7.49. The molecule has 0 radical (unpaired) electrons. The highest BCUT2D eigenvalue weighted by Gasteiger charge is 2.09. The van der Waals surface area contributed by atoms with Crippen molar-refractivity contribution in [2.75, 3.05) is 18.5 Å².